The highest BCUT2D eigenvalue weighted by atomic mass is 32.2. The zero-order valence-electron chi connectivity index (χ0n) is 12.0. The number of benzene rings is 1. The first kappa shape index (κ1) is 16.6. The highest BCUT2D eigenvalue weighted by molar-refractivity contribution is 7.89. The number of ether oxygens (including phenoxy) is 1. The molecule has 0 aliphatic rings. The molecule has 0 saturated carbocycles. The Morgan fingerprint density at radius 2 is 2.00 bits per heavy atom. The van der Waals surface area contributed by atoms with E-state index in [9.17, 15) is 18.3 Å². The molecule has 1 aromatic rings. The molecule has 20 heavy (non-hydrogen) atoms. The third kappa shape index (κ3) is 4.03. The summed E-state index contributed by atoms with van der Waals surface area (Å²) in [5.41, 5.74) is -0.993. The lowest BCUT2D eigenvalue weighted by Crippen LogP contribution is -2.39. The van der Waals surface area contributed by atoms with Crippen LogP contribution >= 0.6 is 0 Å². The Balaban J connectivity index is 3.13. The molecule has 0 radical (unpaired) electrons. The molecule has 0 aliphatic heterocycles. The fraction of sp³-hybridized carbons (Fsp3) is 0.462. The maximum atomic E-state index is 12.3. The number of aliphatic hydroxyl groups is 1. The number of nitrogens with zero attached hydrogens (tertiary/aromatic N) is 1. The largest absolute Gasteiger partial charge is 0.465 e. The van der Waals surface area contributed by atoms with Gasteiger partial charge in [0.2, 0.25) is 10.0 Å². The van der Waals surface area contributed by atoms with Gasteiger partial charge in [-0.2, -0.15) is 4.31 Å². The van der Waals surface area contributed by atoms with E-state index in [1.165, 1.54) is 52.3 Å². The number of carbonyl (C=O) groups is 1. The molecular weight excluding hydrogens is 282 g/mol. The quantitative estimate of drug-likeness (QED) is 0.816. The summed E-state index contributed by atoms with van der Waals surface area (Å²) < 4.78 is 30.3. The second-order valence-corrected chi connectivity index (χ2v) is 7.14. The lowest BCUT2D eigenvalue weighted by Gasteiger charge is -2.25. The van der Waals surface area contributed by atoms with Crippen molar-refractivity contribution in [3.8, 4) is 0 Å². The van der Waals surface area contributed by atoms with Crippen molar-refractivity contribution < 1.29 is 23.1 Å². The molecule has 6 nitrogen and oxygen atoms in total. The molecule has 0 spiro atoms. The molecule has 0 heterocycles. The van der Waals surface area contributed by atoms with E-state index in [2.05, 4.69) is 4.74 Å². The lowest BCUT2D eigenvalue weighted by molar-refractivity contribution is 0.0598. The van der Waals surface area contributed by atoms with Gasteiger partial charge in [0.25, 0.3) is 0 Å². The van der Waals surface area contributed by atoms with E-state index in [4.69, 9.17) is 0 Å². The molecule has 1 rings (SSSR count). The summed E-state index contributed by atoms with van der Waals surface area (Å²) in [4.78, 5) is 11.4. The average molecular weight is 301 g/mol. The van der Waals surface area contributed by atoms with Crippen molar-refractivity contribution in [1.82, 2.24) is 4.31 Å². The first-order valence-corrected chi connectivity index (χ1v) is 7.39. The van der Waals surface area contributed by atoms with Crippen molar-refractivity contribution in [2.75, 3.05) is 20.7 Å². The van der Waals surface area contributed by atoms with Gasteiger partial charge in [0.15, 0.2) is 0 Å². The van der Waals surface area contributed by atoms with E-state index in [0.29, 0.717) is 0 Å². The van der Waals surface area contributed by atoms with Gasteiger partial charge in [0.05, 0.1) is 23.2 Å². The third-order valence-electron chi connectivity index (χ3n) is 2.57. The Labute approximate surface area is 119 Å². The number of esters is 1. The van der Waals surface area contributed by atoms with Crippen LogP contribution in [0.4, 0.5) is 0 Å². The summed E-state index contributed by atoms with van der Waals surface area (Å²) >= 11 is 0. The van der Waals surface area contributed by atoms with E-state index in [1.54, 1.807) is 0 Å². The fourth-order valence-electron chi connectivity index (χ4n) is 1.71. The molecule has 0 aromatic heterocycles. The van der Waals surface area contributed by atoms with E-state index in [1.807, 2.05) is 0 Å². The van der Waals surface area contributed by atoms with Crippen LogP contribution in [0, 0.1) is 0 Å². The van der Waals surface area contributed by atoms with Crippen molar-refractivity contribution in [2.24, 2.45) is 0 Å². The van der Waals surface area contributed by atoms with Gasteiger partial charge in [-0.1, -0.05) is 6.07 Å². The van der Waals surface area contributed by atoms with Crippen LogP contribution < -0.4 is 0 Å². The van der Waals surface area contributed by atoms with E-state index in [-0.39, 0.29) is 17.0 Å². The molecule has 0 aliphatic carbocycles. The number of carbonyl (C=O) groups excluding carboxylic acids is 1. The van der Waals surface area contributed by atoms with Crippen LogP contribution in [0.2, 0.25) is 0 Å². The van der Waals surface area contributed by atoms with Crippen LogP contribution in [-0.4, -0.2) is 50.1 Å². The Kier molecular flexibility index (Phi) is 4.90. The van der Waals surface area contributed by atoms with Crippen LogP contribution in [0.1, 0.15) is 24.2 Å². The Morgan fingerprint density at radius 1 is 1.40 bits per heavy atom. The minimum atomic E-state index is -3.77. The molecule has 0 atom stereocenters. The van der Waals surface area contributed by atoms with Gasteiger partial charge in [-0.05, 0) is 32.0 Å². The molecular formula is C13H19NO5S. The number of likely N-dealkylation sites (N-methyl/N-ethyl adjacent to an activating group) is 1. The van der Waals surface area contributed by atoms with Gasteiger partial charge in [0, 0.05) is 13.6 Å². The molecule has 1 N–H and O–H groups in total. The minimum Gasteiger partial charge on any atom is -0.465 e. The third-order valence-corrected chi connectivity index (χ3v) is 4.37. The maximum Gasteiger partial charge on any atom is 0.337 e. The molecule has 0 bridgehead atoms. The SMILES string of the molecule is COC(=O)c1cccc(S(=O)(=O)N(C)CC(C)(C)O)c1. The molecule has 0 saturated heterocycles. The van der Waals surface area contributed by atoms with Gasteiger partial charge >= 0.3 is 5.97 Å². The van der Waals surface area contributed by atoms with Crippen molar-refractivity contribution in [3.05, 3.63) is 29.8 Å². The fourth-order valence-corrected chi connectivity index (χ4v) is 3.08. The van der Waals surface area contributed by atoms with Crippen LogP contribution in [0.15, 0.2) is 29.2 Å². The highest BCUT2D eigenvalue weighted by Crippen LogP contribution is 2.18. The van der Waals surface area contributed by atoms with Crippen LogP contribution in [0.25, 0.3) is 0 Å². The normalized spacial score (nSPS) is 12.5. The van der Waals surface area contributed by atoms with E-state index in [0.717, 1.165) is 4.31 Å². The predicted molar refractivity (Wildman–Crippen MR) is 73.9 cm³/mol. The van der Waals surface area contributed by atoms with Crippen molar-refractivity contribution in [3.63, 3.8) is 0 Å². The monoisotopic (exact) mass is 301 g/mol. The van der Waals surface area contributed by atoms with Crippen molar-refractivity contribution in [2.45, 2.75) is 24.3 Å². The van der Waals surface area contributed by atoms with E-state index >= 15 is 0 Å². The number of sulfonamides is 1. The Bertz CT molecular complexity index is 589. The zero-order valence-corrected chi connectivity index (χ0v) is 12.8. The molecule has 0 amide bonds. The summed E-state index contributed by atoms with van der Waals surface area (Å²) in [6.07, 6.45) is 0. The standard InChI is InChI=1S/C13H19NO5S/c1-13(2,16)9-14(3)20(17,18)11-7-5-6-10(8-11)12(15)19-4/h5-8,16H,9H2,1-4H3. The van der Waals surface area contributed by atoms with Gasteiger partial charge in [-0.3, -0.25) is 0 Å². The summed E-state index contributed by atoms with van der Waals surface area (Å²) in [5, 5.41) is 9.70. The van der Waals surface area contributed by atoms with Crippen LogP contribution in [0.3, 0.4) is 0 Å². The first-order valence-electron chi connectivity index (χ1n) is 5.95. The number of methoxy groups -OCH3 is 1. The summed E-state index contributed by atoms with van der Waals surface area (Å²) in [5.74, 6) is -0.604. The summed E-state index contributed by atoms with van der Waals surface area (Å²) in [6.45, 7) is 2.98. The highest BCUT2D eigenvalue weighted by Gasteiger charge is 2.26. The summed E-state index contributed by atoms with van der Waals surface area (Å²) in [6, 6.07) is 5.59. The second kappa shape index (κ2) is 5.90. The van der Waals surface area contributed by atoms with Gasteiger partial charge in [0.1, 0.15) is 0 Å². The first-order chi connectivity index (χ1) is 9.08. The van der Waals surface area contributed by atoms with Gasteiger partial charge in [-0.15, -0.1) is 0 Å². The smallest absolute Gasteiger partial charge is 0.337 e. The molecule has 1 aromatic carbocycles. The second-order valence-electron chi connectivity index (χ2n) is 5.09. The van der Waals surface area contributed by atoms with Crippen molar-refractivity contribution in [1.29, 1.82) is 0 Å². The number of rotatable bonds is 5. The van der Waals surface area contributed by atoms with Crippen molar-refractivity contribution >= 4 is 16.0 Å². The lowest BCUT2D eigenvalue weighted by atomic mass is 10.1. The topological polar surface area (TPSA) is 83.9 Å². The Morgan fingerprint density at radius 3 is 2.50 bits per heavy atom. The summed E-state index contributed by atoms with van der Waals surface area (Å²) in [7, 11) is -1.17. The average Bonchev–Trinajstić information content (AvgIpc) is 2.36. The molecule has 0 unspecified atom stereocenters. The minimum absolute atomic E-state index is 0.0212. The van der Waals surface area contributed by atoms with E-state index < -0.39 is 21.6 Å². The number of hydrogen-bond donors (Lipinski definition) is 1. The van der Waals surface area contributed by atoms with Gasteiger partial charge < -0.3 is 9.84 Å². The van der Waals surface area contributed by atoms with Crippen LogP contribution in [-0.2, 0) is 14.8 Å². The maximum absolute atomic E-state index is 12.3. The molecule has 0 fully saturated rings. The van der Waals surface area contributed by atoms with Gasteiger partial charge in [-0.25, -0.2) is 13.2 Å². The Hall–Kier alpha value is -1.44. The number of hydrogen-bond acceptors (Lipinski definition) is 5. The molecule has 7 heteroatoms. The zero-order chi connectivity index (χ0) is 15.6. The van der Waals surface area contributed by atoms with Crippen LogP contribution in [0.5, 0.6) is 0 Å². The molecule has 112 valence electrons. The predicted octanol–water partition coefficient (Wildman–Crippen LogP) is 0.865.